The van der Waals surface area contributed by atoms with E-state index in [1.165, 1.54) is 5.56 Å². The van der Waals surface area contributed by atoms with Crippen LogP contribution >= 0.6 is 23.4 Å². The molecular weight excluding hydrogens is 584 g/mol. The lowest BCUT2D eigenvalue weighted by atomic mass is 10.00. The highest BCUT2D eigenvalue weighted by Crippen LogP contribution is 2.40. The zero-order chi connectivity index (χ0) is 29.9. The number of hydrogen-bond donors (Lipinski definition) is 0. The summed E-state index contributed by atoms with van der Waals surface area (Å²) in [5.74, 6) is 0.0650. The van der Waals surface area contributed by atoms with Crippen molar-refractivity contribution in [3.63, 3.8) is 0 Å². The second-order valence-corrected chi connectivity index (χ2v) is 11.7. The second-order valence-electron chi connectivity index (χ2n) is 10.3. The monoisotopic (exact) mass is 612 g/mol. The molecule has 0 N–H and O–H groups in total. The average molecular weight is 613 g/mol. The molecule has 1 fully saturated rings. The summed E-state index contributed by atoms with van der Waals surface area (Å²) in [6, 6.07) is 25.5. The number of nitrogens with zero attached hydrogens (tertiary/aromatic N) is 2. The largest absolute Gasteiger partial charge is 0.490 e. The predicted molar refractivity (Wildman–Crippen MR) is 169 cm³/mol. The molecule has 7 nitrogen and oxygen atoms in total. The topological polar surface area (TPSA) is 76.2 Å². The fraction of sp³-hybridized carbons (Fsp3) is 0.206. The molecule has 2 heterocycles. The van der Waals surface area contributed by atoms with E-state index >= 15 is 0 Å². The summed E-state index contributed by atoms with van der Waals surface area (Å²) in [5, 5.41) is 2.05. The number of fused-ring (bicyclic) bond motifs is 2. The van der Waals surface area contributed by atoms with Gasteiger partial charge in [0.05, 0.1) is 16.5 Å². The number of carbonyl (C=O) groups is 3. The Bertz CT molecular complexity index is 1770. The van der Waals surface area contributed by atoms with E-state index in [9.17, 15) is 14.4 Å². The smallest absolute Gasteiger partial charge is 0.294 e. The maximum atomic E-state index is 13.2. The number of amides is 3. The van der Waals surface area contributed by atoms with E-state index in [2.05, 4.69) is 18.2 Å². The summed E-state index contributed by atoms with van der Waals surface area (Å²) < 4.78 is 12.0. The van der Waals surface area contributed by atoms with Gasteiger partial charge in [-0.15, -0.1) is 0 Å². The van der Waals surface area contributed by atoms with Crippen molar-refractivity contribution in [3.8, 4) is 11.5 Å². The van der Waals surface area contributed by atoms with E-state index in [4.69, 9.17) is 21.1 Å². The van der Waals surface area contributed by atoms with Crippen molar-refractivity contribution in [2.75, 3.05) is 19.7 Å². The minimum atomic E-state index is -0.508. The minimum Gasteiger partial charge on any atom is -0.490 e. The number of thioether (sulfide) groups is 1. The van der Waals surface area contributed by atoms with Gasteiger partial charge in [0, 0.05) is 13.1 Å². The van der Waals surface area contributed by atoms with E-state index in [0.29, 0.717) is 41.8 Å². The molecule has 0 spiro atoms. The number of ether oxygens (including phenoxy) is 2. The molecule has 3 amide bonds. The molecule has 9 heteroatoms. The highest BCUT2D eigenvalue weighted by Gasteiger charge is 2.37. The van der Waals surface area contributed by atoms with Crippen molar-refractivity contribution in [2.24, 2.45) is 0 Å². The SMILES string of the molecule is CCOc1cc(/C=C2\SC(=O)N(CC(=O)N3CCc4ccccc4C3)C2=O)cc(Cl)c1OCc1cccc2ccccc12. The van der Waals surface area contributed by atoms with Crippen LogP contribution in [0.15, 0.2) is 83.8 Å². The van der Waals surface area contributed by atoms with Gasteiger partial charge >= 0.3 is 0 Å². The first-order valence-electron chi connectivity index (χ1n) is 14.1. The number of benzene rings is 4. The molecule has 4 aromatic rings. The molecule has 1 saturated heterocycles. The Morgan fingerprint density at radius 1 is 0.977 bits per heavy atom. The highest BCUT2D eigenvalue weighted by molar-refractivity contribution is 8.18. The first-order chi connectivity index (χ1) is 20.9. The van der Waals surface area contributed by atoms with Gasteiger partial charge in [-0.3, -0.25) is 19.3 Å². The van der Waals surface area contributed by atoms with Gasteiger partial charge in [0.2, 0.25) is 5.91 Å². The Morgan fingerprint density at radius 3 is 2.58 bits per heavy atom. The van der Waals surface area contributed by atoms with Crippen molar-refractivity contribution in [3.05, 3.63) is 111 Å². The summed E-state index contributed by atoms with van der Waals surface area (Å²) in [4.78, 5) is 42.0. The summed E-state index contributed by atoms with van der Waals surface area (Å²) in [5.41, 5.74) is 3.89. The fourth-order valence-corrected chi connectivity index (χ4v) is 6.49. The van der Waals surface area contributed by atoms with Crippen LogP contribution in [0.2, 0.25) is 5.02 Å². The summed E-state index contributed by atoms with van der Waals surface area (Å²) in [6.07, 6.45) is 2.34. The molecule has 0 radical (unpaired) electrons. The maximum absolute atomic E-state index is 13.2. The van der Waals surface area contributed by atoms with Crippen molar-refractivity contribution >= 4 is 57.3 Å². The molecule has 218 valence electrons. The van der Waals surface area contributed by atoms with Gasteiger partial charge in [-0.05, 0) is 76.3 Å². The van der Waals surface area contributed by atoms with E-state index in [1.54, 1.807) is 23.1 Å². The van der Waals surface area contributed by atoms with Gasteiger partial charge in [-0.2, -0.15) is 0 Å². The normalized spacial score (nSPS) is 15.7. The van der Waals surface area contributed by atoms with Crippen LogP contribution in [0.1, 0.15) is 29.2 Å². The standard InChI is InChI=1S/C34H29ClN2O5S/c1-2-41-29-17-22(16-28(35)32(29)42-21-26-12-7-11-24-9-5-6-13-27(24)26)18-30-33(39)37(34(40)43-30)20-31(38)36-15-14-23-8-3-4-10-25(23)19-36/h3-13,16-18H,2,14-15,19-21H2,1H3/b30-18-. The molecule has 2 aliphatic heterocycles. The molecule has 6 rings (SSSR count). The zero-order valence-corrected chi connectivity index (χ0v) is 25.1. The Balaban J connectivity index is 1.17. The van der Waals surface area contributed by atoms with Gasteiger partial charge in [-0.25, -0.2) is 0 Å². The lowest BCUT2D eigenvalue weighted by Crippen LogP contribution is -2.44. The molecular formula is C34H29ClN2O5S. The van der Waals surface area contributed by atoms with Crippen molar-refractivity contribution in [2.45, 2.75) is 26.5 Å². The third-order valence-corrected chi connectivity index (χ3v) is 8.72. The van der Waals surface area contributed by atoms with Crippen LogP contribution in [0.25, 0.3) is 16.8 Å². The van der Waals surface area contributed by atoms with E-state index in [1.807, 2.05) is 55.5 Å². The Hall–Kier alpha value is -4.27. The van der Waals surface area contributed by atoms with Gasteiger partial charge in [0.15, 0.2) is 11.5 Å². The number of hydrogen-bond acceptors (Lipinski definition) is 6. The molecule has 43 heavy (non-hydrogen) atoms. The molecule has 0 aliphatic carbocycles. The van der Waals surface area contributed by atoms with Crippen LogP contribution in [0.4, 0.5) is 4.79 Å². The van der Waals surface area contributed by atoms with E-state index < -0.39 is 11.1 Å². The maximum Gasteiger partial charge on any atom is 0.294 e. The van der Waals surface area contributed by atoms with Crippen molar-refractivity contribution in [1.29, 1.82) is 0 Å². The fourth-order valence-electron chi connectivity index (χ4n) is 5.37. The average Bonchev–Trinajstić information content (AvgIpc) is 3.27. The number of carbonyl (C=O) groups excluding carboxylic acids is 3. The summed E-state index contributed by atoms with van der Waals surface area (Å²) in [6.45, 7) is 3.25. The number of halogens is 1. The first kappa shape index (κ1) is 28.8. The molecule has 0 saturated carbocycles. The van der Waals surface area contributed by atoms with Crippen LogP contribution in [0.3, 0.4) is 0 Å². The second kappa shape index (κ2) is 12.5. The Labute approximate surface area is 259 Å². The van der Waals surface area contributed by atoms with E-state index in [0.717, 1.165) is 45.0 Å². The molecule has 0 aromatic heterocycles. The van der Waals surface area contributed by atoms with Crippen LogP contribution in [0, 0.1) is 0 Å². The lowest BCUT2D eigenvalue weighted by Gasteiger charge is -2.29. The van der Waals surface area contributed by atoms with E-state index in [-0.39, 0.29) is 24.0 Å². The third kappa shape index (κ3) is 6.12. The molecule has 0 unspecified atom stereocenters. The highest BCUT2D eigenvalue weighted by atomic mass is 35.5. The lowest BCUT2D eigenvalue weighted by molar-refractivity contribution is -0.136. The van der Waals surface area contributed by atoms with Crippen molar-refractivity contribution in [1.82, 2.24) is 9.80 Å². The quantitative estimate of drug-likeness (QED) is 0.198. The van der Waals surface area contributed by atoms with Gasteiger partial charge in [-0.1, -0.05) is 78.3 Å². The van der Waals surface area contributed by atoms with Crippen LogP contribution in [-0.2, 0) is 29.2 Å². The van der Waals surface area contributed by atoms with Crippen molar-refractivity contribution < 1.29 is 23.9 Å². The number of rotatable bonds is 8. The number of imide groups is 1. The van der Waals surface area contributed by atoms with Crippen LogP contribution in [0.5, 0.6) is 11.5 Å². The first-order valence-corrected chi connectivity index (χ1v) is 15.3. The molecule has 0 atom stereocenters. The van der Waals surface area contributed by atoms with Crippen LogP contribution in [-0.4, -0.2) is 46.5 Å². The van der Waals surface area contributed by atoms with Crippen LogP contribution < -0.4 is 9.47 Å². The summed E-state index contributed by atoms with van der Waals surface area (Å²) >= 11 is 7.48. The zero-order valence-electron chi connectivity index (χ0n) is 23.5. The molecule has 0 bridgehead atoms. The molecule has 4 aromatic carbocycles. The minimum absolute atomic E-state index is 0.213. The van der Waals surface area contributed by atoms with Gasteiger partial charge < -0.3 is 14.4 Å². The van der Waals surface area contributed by atoms with Gasteiger partial charge in [0.25, 0.3) is 11.1 Å². The Kier molecular flexibility index (Phi) is 8.40. The molecule has 2 aliphatic rings. The predicted octanol–water partition coefficient (Wildman–Crippen LogP) is 7.09. The summed E-state index contributed by atoms with van der Waals surface area (Å²) in [7, 11) is 0. The Morgan fingerprint density at radius 2 is 1.74 bits per heavy atom. The third-order valence-electron chi connectivity index (χ3n) is 7.53. The van der Waals surface area contributed by atoms with Gasteiger partial charge in [0.1, 0.15) is 13.2 Å².